The average molecular weight is 441 g/mol. The summed E-state index contributed by atoms with van der Waals surface area (Å²) in [5, 5.41) is 9.74. The van der Waals surface area contributed by atoms with Crippen molar-refractivity contribution in [1.82, 2.24) is 20.4 Å². The normalized spacial score (nSPS) is 15.8. The van der Waals surface area contributed by atoms with E-state index in [1.54, 1.807) is 13.8 Å². The molecule has 2 N–H and O–H groups in total. The van der Waals surface area contributed by atoms with Crippen LogP contribution in [0.2, 0.25) is 0 Å². The highest BCUT2D eigenvalue weighted by Crippen LogP contribution is 2.20. The molecule has 2 heterocycles. The fourth-order valence-corrected chi connectivity index (χ4v) is 3.70. The van der Waals surface area contributed by atoms with Crippen LogP contribution in [0.1, 0.15) is 37.2 Å². The third kappa shape index (κ3) is 5.16. The molecule has 0 aliphatic carbocycles. The van der Waals surface area contributed by atoms with Gasteiger partial charge in [-0.1, -0.05) is 18.2 Å². The Morgan fingerprint density at radius 1 is 1.16 bits per heavy atom. The van der Waals surface area contributed by atoms with Crippen molar-refractivity contribution in [2.45, 2.75) is 46.6 Å². The summed E-state index contributed by atoms with van der Waals surface area (Å²) in [6.45, 7) is 7.23. The van der Waals surface area contributed by atoms with Crippen LogP contribution in [0.5, 0.6) is 0 Å². The first-order valence-electron chi connectivity index (χ1n) is 10.6. The average Bonchev–Trinajstić information content (AvgIpc) is 3.04. The van der Waals surface area contributed by atoms with Crippen LogP contribution in [0.25, 0.3) is 5.69 Å². The molecule has 9 nitrogen and oxygen atoms in total. The lowest BCUT2D eigenvalue weighted by molar-refractivity contribution is -0.143. The number of benzene rings is 1. The van der Waals surface area contributed by atoms with Crippen molar-refractivity contribution in [1.29, 1.82) is 0 Å². The summed E-state index contributed by atoms with van der Waals surface area (Å²) in [6, 6.07) is 8.77. The van der Waals surface area contributed by atoms with E-state index in [2.05, 4.69) is 15.7 Å². The van der Waals surface area contributed by atoms with Crippen molar-refractivity contribution in [3.8, 4) is 5.69 Å². The Morgan fingerprint density at radius 2 is 1.88 bits per heavy atom. The minimum absolute atomic E-state index is 0.145. The Morgan fingerprint density at radius 3 is 2.56 bits per heavy atom. The van der Waals surface area contributed by atoms with Crippen LogP contribution in [-0.2, 0) is 25.5 Å². The molecule has 0 bridgehead atoms. The van der Waals surface area contributed by atoms with Gasteiger partial charge in [-0.25, -0.2) is 14.3 Å². The van der Waals surface area contributed by atoms with E-state index in [0.29, 0.717) is 6.42 Å². The maximum Gasteiger partial charge on any atom is 0.338 e. The predicted octanol–water partition coefficient (Wildman–Crippen LogP) is 2.48. The van der Waals surface area contributed by atoms with Crippen molar-refractivity contribution >= 4 is 18.0 Å². The van der Waals surface area contributed by atoms with Crippen molar-refractivity contribution < 1.29 is 23.9 Å². The van der Waals surface area contributed by atoms with Gasteiger partial charge in [0.2, 0.25) is 0 Å². The molecule has 0 fully saturated rings. The SMILES string of the molecule is CCOC(=O)C1=C(COC(=O)CCc2c(C)nn(-c3ccccc3)c2C)NC(=O)N[C@H]1C. The summed E-state index contributed by atoms with van der Waals surface area (Å²) < 4.78 is 12.3. The number of hydrogen-bond acceptors (Lipinski definition) is 6. The fourth-order valence-electron chi connectivity index (χ4n) is 3.70. The van der Waals surface area contributed by atoms with E-state index in [1.807, 2.05) is 48.9 Å². The number of rotatable bonds is 8. The zero-order valence-corrected chi connectivity index (χ0v) is 18.7. The number of carbonyl (C=O) groups excluding carboxylic acids is 3. The van der Waals surface area contributed by atoms with E-state index in [0.717, 1.165) is 22.6 Å². The third-order valence-electron chi connectivity index (χ3n) is 5.26. The van der Waals surface area contributed by atoms with Gasteiger partial charge in [0.15, 0.2) is 0 Å². The Bertz CT molecular complexity index is 1040. The van der Waals surface area contributed by atoms with E-state index >= 15 is 0 Å². The standard InChI is InChI=1S/C23H28N4O5/c1-5-31-22(29)21-15(3)24-23(30)25-19(21)13-32-20(28)12-11-18-14(2)26-27(16(18)4)17-9-7-6-8-10-17/h6-10,15H,5,11-13H2,1-4H3,(H2,24,25,30)/t15-/m0/s1. The fraction of sp³-hybridized carbons (Fsp3) is 0.391. The van der Waals surface area contributed by atoms with Gasteiger partial charge in [-0.2, -0.15) is 5.10 Å². The van der Waals surface area contributed by atoms with Gasteiger partial charge in [-0.05, 0) is 51.8 Å². The van der Waals surface area contributed by atoms with Crippen LogP contribution in [-0.4, -0.2) is 47.0 Å². The van der Waals surface area contributed by atoms with Crippen molar-refractivity contribution in [3.63, 3.8) is 0 Å². The molecule has 1 aliphatic heterocycles. The monoisotopic (exact) mass is 440 g/mol. The largest absolute Gasteiger partial charge is 0.463 e. The Kier molecular flexibility index (Phi) is 7.29. The number of nitrogens with one attached hydrogen (secondary N) is 2. The zero-order chi connectivity index (χ0) is 23.3. The number of amides is 2. The summed E-state index contributed by atoms with van der Waals surface area (Å²) in [6.07, 6.45) is 0.614. The Hall–Kier alpha value is -3.62. The highest BCUT2D eigenvalue weighted by Gasteiger charge is 2.30. The van der Waals surface area contributed by atoms with Crippen LogP contribution in [0, 0.1) is 13.8 Å². The van der Waals surface area contributed by atoms with Gasteiger partial charge in [0.25, 0.3) is 0 Å². The van der Waals surface area contributed by atoms with Gasteiger partial charge in [0, 0.05) is 12.1 Å². The summed E-state index contributed by atoms with van der Waals surface area (Å²) in [5.41, 5.74) is 4.24. The smallest absolute Gasteiger partial charge is 0.338 e. The van der Waals surface area contributed by atoms with Crippen molar-refractivity contribution in [2.75, 3.05) is 13.2 Å². The van der Waals surface area contributed by atoms with Crippen molar-refractivity contribution in [3.05, 3.63) is 58.6 Å². The maximum absolute atomic E-state index is 12.4. The van der Waals surface area contributed by atoms with Gasteiger partial charge in [-0.3, -0.25) is 4.79 Å². The Balaban J connectivity index is 1.65. The summed E-state index contributed by atoms with van der Waals surface area (Å²) in [5.74, 6) is -0.995. The van der Waals surface area contributed by atoms with Crippen LogP contribution in [0.3, 0.4) is 0 Å². The highest BCUT2D eigenvalue weighted by molar-refractivity contribution is 5.94. The number of ether oxygens (including phenoxy) is 2. The van der Waals surface area contributed by atoms with Crippen LogP contribution >= 0.6 is 0 Å². The number of aromatic nitrogens is 2. The predicted molar refractivity (Wildman–Crippen MR) is 117 cm³/mol. The molecule has 0 saturated heterocycles. The quantitative estimate of drug-likeness (QED) is 0.610. The number of hydrogen-bond donors (Lipinski definition) is 2. The molecule has 1 aliphatic rings. The first-order valence-corrected chi connectivity index (χ1v) is 10.6. The molecule has 2 amide bonds. The molecule has 32 heavy (non-hydrogen) atoms. The molecule has 1 aromatic heterocycles. The molecular weight excluding hydrogens is 412 g/mol. The van der Waals surface area contributed by atoms with E-state index in [9.17, 15) is 14.4 Å². The highest BCUT2D eigenvalue weighted by atomic mass is 16.5. The first-order chi connectivity index (χ1) is 15.3. The van der Waals surface area contributed by atoms with Crippen LogP contribution in [0.4, 0.5) is 4.79 Å². The van der Waals surface area contributed by atoms with Crippen molar-refractivity contribution in [2.24, 2.45) is 0 Å². The van der Waals surface area contributed by atoms with E-state index in [1.165, 1.54) is 0 Å². The summed E-state index contributed by atoms with van der Waals surface area (Å²) in [4.78, 5) is 36.5. The number of nitrogens with zero attached hydrogens (tertiary/aromatic N) is 2. The second-order valence-corrected chi connectivity index (χ2v) is 7.49. The number of urea groups is 1. The molecule has 0 saturated carbocycles. The molecule has 0 radical (unpaired) electrons. The number of carbonyl (C=O) groups is 3. The molecular formula is C23H28N4O5. The molecule has 9 heteroatoms. The molecule has 0 unspecified atom stereocenters. The zero-order valence-electron chi connectivity index (χ0n) is 18.7. The number of esters is 2. The lowest BCUT2D eigenvalue weighted by atomic mass is 10.0. The molecule has 170 valence electrons. The number of para-hydroxylation sites is 1. The van der Waals surface area contributed by atoms with Gasteiger partial charge >= 0.3 is 18.0 Å². The van der Waals surface area contributed by atoms with E-state index in [4.69, 9.17) is 9.47 Å². The molecule has 1 aromatic carbocycles. The molecule has 0 spiro atoms. The first kappa shape index (κ1) is 23.1. The second-order valence-electron chi connectivity index (χ2n) is 7.49. The summed E-state index contributed by atoms with van der Waals surface area (Å²) >= 11 is 0. The van der Waals surface area contributed by atoms with Gasteiger partial charge in [0.05, 0.1) is 35.3 Å². The maximum atomic E-state index is 12.4. The summed E-state index contributed by atoms with van der Waals surface area (Å²) in [7, 11) is 0. The molecule has 1 atom stereocenters. The van der Waals surface area contributed by atoms with E-state index < -0.39 is 24.0 Å². The topological polar surface area (TPSA) is 112 Å². The van der Waals surface area contributed by atoms with E-state index in [-0.39, 0.29) is 30.9 Å². The lowest BCUT2D eigenvalue weighted by Crippen LogP contribution is -2.50. The van der Waals surface area contributed by atoms with Crippen LogP contribution in [0.15, 0.2) is 41.6 Å². The lowest BCUT2D eigenvalue weighted by Gasteiger charge is -2.26. The molecule has 3 rings (SSSR count). The number of aryl methyl sites for hydroxylation is 1. The minimum Gasteiger partial charge on any atom is -0.463 e. The van der Waals surface area contributed by atoms with Gasteiger partial charge in [-0.15, -0.1) is 0 Å². The van der Waals surface area contributed by atoms with Crippen LogP contribution < -0.4 is 10.6 Å². The second kappa shape index (κ2) is 10.1. The van der Waals surface area contributed by atoms with Gasteiger partial charge < -0.3 is 20.1 Å². The minimum atomic E-state index is -0.557. The third-order valence-corrected chi connectivity index (χ3v) is 5.26. The van der Waals surface area contributed by atoms with Gasteiger partial charge in [0.1, 0.15) is 6.61 Å². The Labute approximate surface area is 186 Å². The molecule has 2 aromatic rings.